The molecule has 19 heavy (non-hydrogen) atoms. The number of pyridine rings is 1. The maximum absolute atomic E-state index is 10.6. The van der Waals surface area contributed by atoms with Gasteiger partial charge in [-0.05, 0) is 13.0 Å². The summed E-state index contributed by atoms with van der Waals surface area (Å²) in [4.78, 5) is 17.0. The Bertz CT molecular complexity index is 490. The van der Waals surface area contributed by atoms with E-state index in [1.54, 1.807) is 6.07 Å². The molecule has 1 aromatic rings. The standard InChI is InChI=1S/C13H17N3O3/c1-3-4-16-7-10-5-11(15-13(17)18)6-14-12(10)19-8-9(16)2/h3,5-6,9,15H,1,4,7-8H2,2H3,(H,17,18)/t9-/m1/s1. The first-order valence-electron chi connectivity index (χ1n) is 6.06. The molecule has 6 heteroatoms. The van der Waals surface area contributed by atoms with Crippen LogP contribution in [0.3, 0.4) is 0 Å². The van der Waals surface area contributed by atoms with Gasteiger partial charge in [0.25, 0.3) is 0 Å². The van der Waals surface area contributed by atoms with Crippen molar-refractivity contribution in [1.82, 2.24) is 9.88 Å². The third kappa shape index (κ3) is 3.23. The van der Waals surface area contributed by atoms with Crippen molar-refractivity contribution in [2.75, 3.05) is 18.5 Å². The molecule has 6 nitrogen and oxygen atoms in total. The summed E-state index contributed by atoms with van der Waals surface area (Å²) in [6, 6.07) is 2.01. The van der Waals surface area contributed by atoms with Crippen LogP contribution in [0, 0.1) is 0 Å². The smallest absolute Gasteiger partial charge is 0.409 e. The molecule has 0 unspecified atom stereocenters. The van der Waals surface area contributed by atoms with Crippen LogP contribution in [0.5, 0.6) is 5.88 Å². The molecule has 0 spiro atoms. The van der Waals surface area contributed by atoms with E-state index in [2.05, 4.69) is 28.7 Å². The molecular weight excluding hydrogens is 246 g/mol. The highest BCUT2D eigenvalue weighted by Crippen LogP contribution is 2.25. The monoisotopic (exact) mass is 263 g/mol. The van der Waals surface area contributed by atoms with Crippen molar-refractivity contribution in [2.24, 2.45) is 0 Å². The molecule has 0 aliphatic carbocycles. The van der Waals surface area contributed by atoms with E-state index in [9.17, 15) is 4.79 Å². The van der Waals surface area contributed by atoms with Crippen molar-refractivity contribution in [3.05, 3.63) is 30.5 Å². The van der Waals surface area contributed by atoms with Gasteiger partial charge in [0.15, 0.2) is 0 Å². The molecule has 2 rings (SSSR count). The SMILES string of the molecule is C=CCN1Cc2cc(NC(=O)O)cnc2OC[C@H]1C. The van der Waals surface area contributed by atoms with Gasteiger partial charge in [0.2, 0.25) is 5.88 Å². The minimum atomic E-state index is -1.10. The third-order valence-electron chi connectivity index (χ3n) is 3.00. The minimum Gasteiger partial charge on any atom is -0.476 e. The number of nitrogens with zero attached hydrogens (tertiary/aromatic N) is 2. The second-order valence-corrected chi connectivity index (χ2v) is 4.50. The maximum atomic E-state index is 10.6. The van der Waals surface area contributed by atoms with Crippen LogP contribution in [0.15, 0.2) is 24.9 Å². The van der Waals surface area contributed by atoms with Crippen LogP contribution in [0.25, 0.3) is 0 Å². The Labute approximate surface area is 111 Å². The van der Waals surface area contributed by atoms with Crippen LogP contribution in [0.4, 0.5) is 10.5 Å². The number of hydrogen-bond acceptors (Lipinski definition) is 4. The zero-order valence-electron chi connectivity index (χ0n) is 10.8. The lowest BCUT2D eigenvalue weighted by molar-refractivity contribution is 0.171. The van der Waals surface area contributed by atoms with Crippen LogP contribution < -0.4 is 10.1 Å². The van der Waals surface area contributed by atoms with Gasteiger partial charge in [-0.2, -0.15) is 0 Å². The number of carbonyl (C=O) groups is 1. The van der Waals surface area contributed by atoms with Crippen LogP contribution in [0.1, 0.15) is 12.5 Å². The lowest BCUT2D eigenvalue weighted by Gasteiger charge is -2.24. The second-order valence-electron chi connectivity index (χ2n) is 4.50. The summed E-state index contributed by atoms with van der Waals surface area (Å²) in [6.07, 6.45) is 2.20. The summed E-state index contributed by atoms with van der Waals surface area (Å²) >= 11 is 0. The number of fused-ring (bicyclic) bond motifs is 1. The van der Waals surface area contributed by atoms with Crippen LogP contribution >= 0.6 is 0 Å². The molecule has 2 N–H and O–H groups in total. The van der Waals surface area contributed by atoms with Gasteiger partial charge >= 0.3 is 6.09 Å². The summed E-state index contributed by atoms with van der Waals surface area (Å²) in [5, 5.41) is 11.0. The fourth-order valence-electron chi connectivity index (χ4n) is 2.02. The molecule has 0 saturated carbocycles. The molecule has 0 aromatic carbocycles. The molecule has 102 valence electrons. The molecule has 0 radical (unpaired) electrons. The largest absolute Gasteiger partial charge is 0.476 e. The lowest BCUT2D eigenvalue weighted by atomic mass is 10.2. The predicted molar refractivity (Wildman–Crippen MR) is 71.4 cm³/mol. The molecule has 0 fully saturated rings. The van der Waals surface area contributed by atoms with E-state index in [0.29, 0.717) is 24.7 Å². The van der Waals surface area contributed by atoms with Gasteiger partial charge in [0.05, 0.1) is 11.9 Å². The molecule has 1 aromatic heterocycles. The maximum Gasteiger partial charge on any atom is 0.409 e. The molecule has 2 heterocycles. The first-order chi connectivity index (χ1) is 9.10. The van der Waals surface area contributed by atoms with Crippen molar-refractivity contribution in [3.8, 4) is 5.88 Å². The highest BCUT2D eigenvalue weighted by atomic mass is 16.5. The second kappa shape index (κ2) is 5.71. The van der Waals surface area contributed by atoms with Gasteiger partial charge < -0.3 is 9.84 Å². The van der Waals surface area contributed by atoms with Gasteiger partial charge in [0.1, 0.15) is 6.61 Å². The van der Waals surface area contributed by atoms with E-state index >= 15 is 0 Å². The van der Waals surface area contributed by atoms with E-state index < -0.39 is 6.09 Å². The Morgan fingerprint density at radius 3 is 3.26 bits per heavy atom. The number of nitrogens with one attached hydrogen (secondary N) is 1. The average Bonchev–Trinajstić information content (AvgIpc) is 2.50. The molecule has 1 aliphatic heterocycles. The van der Waals surface area contributed by atoms with E-state index in [1.807, 2.05) is 6.08 Å². The van der Waals surface area contributed by atoms with Crippen molar-refractivity contribution < 1.29 is 14.6 Å². The lowest BCUT2D eigenvalue weighted by Crippen LogP contribution is -2.34. The average molecular weight is 263 g/mol. The van der Waals surface area contributed by atoms with Crippen LogP contribution in [-0.4, -0.2) is 40.3 Å². The van der Waals surface area contributed by atoms with Gasteiger partial charge in [-0.3, -0.25) is 10.2 Å². The fraction of sp³-hybridized carbons (Fsp3) is 0.385. The highest BCUT2D eigenvalue weighted by molar-refractivity contribution is 5.82. The number of anilines is 1. The number of aromatic nitrogens is 1. The molecule has 0 saturated heterocycles. The van der Waals surface area contributed by atoms with Crippen molar-refractivity contribution >= 4 is 11.8 Å². The molecule has 1 amide bonds. The van der Waals surface area contributed by atoms with E-state index in [4.69, 9.17) is 9.84 Å². The van der Waals surface area contributed by atoms with Gasteiger partial charge in [-0.25, -0.2) is 9.78 Å². The molecule has 1 atom stereocenters. The van der Waals surface area contributed by atoms with Crippen molar-refractivity contribution in [2.45, 2.75) is 19.5 Å². The van der Waals surface area contributed by atoms with Gasteiger partial charge in [-0.15, -0.1) is 6.58 Å². The van der Waals surface area contributed by atoms with Crippen LogP contribution in [-0.2, 0) is 6.54 Å². The highest BCUT2D eigenvalue weighted by Gasteiger charge is 2.21. The number of amides is 1. The van der Waals surface area contributed by atoms with Crippen LogP contribution in [0.2, 0.25) is 0 Å². The Balaban J connectivity index is 2.25. The Hall–Kier alpha value is -2.08. The zero-order chi connectivity index (χ0) is 13.8. The number of hydrogen-bond donors (Lipinski definition) is 2. The Kier molecular flexibility index (Phi) is 4.01. The predicted octanol–water partition coefficient (Wildman–Crippen LogP) is 1.94. The normalized spacial score (nSPS) is 18.9. The topological polar surface area (TPSA) is 74.7 Å². The Morgan fingerprint density at radius 2 is 2.58 bits per heavy atom. The van der Waals surface area contributed by atoms with Gasteiger partial charge in [0, 0.05) is 24.7 Å². The van der Waals surface area contributed by atoms with Crippen molar-refractivity contribution in [1.29, 1.82) is 0 Å². The minimum absolute atomic E-state index is 0.253. The molecular formula is C13H17N3O3. The van der Waals surface area contributed by atoms with Gasteiger partial charge in [-0.1, -0.05) is 6.08 Å². The summed E-state index contributed by atoms with van der Waals surface area (Å²) in [7, 11) is 0. The Morgan fingerprint density at radius 1 is 1.79 bits per heavy atom. The zero-order valence-corrected chi connectivity index (χ0v) is 10.8. The summed E-state index contributed by atoms with van der Waals surface area (Å²) < 4.78 is 5.63. The molecule has 1 aliphatic rings. The summed E-state index contributed by atoms with van der Waals surface area (Å²) in [6.45, 7) is 7.78. The number of carboxylic acid groups (broad SMARTS) is 1. The fourth-order valence-corrected chi connectivity index (χ4v) is 2.02. The van der Waals surface area contributed by atoms with E-state index in [0.717, 1.165) is 12.1 Å². The first-order valence-corrected chi connectivity index (χ1v) is 6.06. The summed E-state index contributed by atoms with van der Waals surface area (Å²) in [5.41, 5.74) is 1.32. The van der Waals surface area contributed by atoms with Crippen molar-refractivity contribution in [3.63, 3.8) is 0 Å². The summed E-state index contributed by atoms with van der Waals surface area (Å²) in [5.74, 6) is 0.564. The van der Waals surface area contributed by atoms with E-state index in [-0.39, 0.29) is 6.04 Å². The molecule has 0 bridgehead atoms. The van der Waals surface area contributed by atoms with E-state index in [1.165, 1.54) is 6.20 Å². The first kappa shape index (κ1) is 13.4. The number of ether oxygens (including phenoxy) is 1. The number of rotatable bonds is 3. The third-order valence-corrected chi connectivity index (χ3v) is 3.00. The quantitative estimate of drug-likeness (QED) is 0.815.